The van der Waals surface area contributed by atoms with E-state index in [0.29, 0.717) is 120 Å². The van der Waals surface area contributed by atoms with Crippen molar-refractivity contribution in [3.63, 3.8) is 0 Å². The summed E-state index contributed by atoms with van der Waals surface area (Å²) >= 11 is 0. The van der Waals surface area contributed by atoms with Crippen LogP contribution in [0.3, 0.4) is 0 Å². The van der Waals surface area contributed by atoms with Gasteiger partial charge < -0.3 is 65.4 Å². The number of likely N-dealkylation sites (tertiary alicyclic amines) is 1. The molecule has 4 aliphatic heterocycles. The van der Waals surface area contributed by atoms with Gasteiger partial charge in [-0.2, -0.15) is 0 Å². The number of aliphatic hydroxyl groups excluding tert-OH is 1. The molecule has 0 radical (unpaired) electrons. The van der Waals surface area contributed by atoms with E-state index in [9.17, 15) is 48.3 Å². The molecule has 1 fully saturated rings. The molecule has 3 atom stereocenters. The normalized spacial score (nSPS) is 16.4. The Morgan fingerprint density at radius 2 is 1.54 bits per heavy atom. The number of rotatable bonds is 25. The fraction of sp³-hybridized carbons (Fsp3) is 0.472. The van der Waals surface area contributed by atoms with Crippen molar-refractivity contribution in [2.75, 3.05) is 52.7 Å². The molecule has 0 saturated carbocycles. The average Bonchev–Trinajstić information content (AvgIpc) is 3.95. The second-order valence-corrected chi connectivity index (χ2v) is 19.0. The van der Waals surface area contributed by atoms with Gasteiger partial charge in [-0.3, -0.25) is 43.2 Å². The Labute approximate surface area is 437 Å². The van der Waals surface area contributed by atoms with Gasteiger partial charge in [0.1, 0.15) is 45.4 Å². The monoisotopic (exact) mass is 1050 g/mol. The van der Waals surface area contributed by atoms with Crippen LogP contribution in [0.5, 0.6) is 11.5 Å². The van der Waals surface area contributed by atoms with E-state index < -0.39 is 67.4 Å². The Morgan fingerprint density at radius 3 is 2.30 bits per heavy atom. The molecule has 0 spiro atoms. The van der Waals surface area contributed by atoms with Gasteiger partial charge in [-0.25, -0.2) is 4.98 Å². The fourth-order valence-electron chi connectivity index (χ4n) is 9.63. The summed E-state index contributed by atoms with van der Waals surface area (Å²) in [6, 6.07) is 13.1. The number of fused-ring (bicyclic) bond motifs is 6. The van der Waals surface area contributed by atoms with Crippen LogP contribution >= 0.6 is 0 Å². The summed E-state index contributed by atoms with van der Waals surface area (Å²) in [4.78, 5) is 122. The van der Waals surface area contributed by atoms with E-state index >= 15 is 0 Å². The number of carbonyl (C=O) groups is 8. The molecule has 23 heteroatoms. The van der Waals surface area contributed by atoms with Crippen molar-refractivity contribution >= 4 is 58.2 Å². The Morgan fingerprint density at radius 1 is 0.803 bits per heavy atom. The lowest BCUT2D eigenvalue weighted by Gasteiger charge is -2.25. The first-order valence-electron chi connectivity index (χ1n) is 25.7. The molecular weight excluding hydrogens is 987 g/mol. The lowest BCUT2D eigenvalue weighted by molar-refractivity contribution is -0.148. The molecule has 23 nitrogen and oxygen atoms in total. The third-order valence-electron chi connectivity index (χ3n) is 13.6. The first kappa shape index (κ1) is 54.3. The predicted molar refractivity (Wildman–Crippen MR) is 271 cm³/mol. The molecule has 4 aliphatic rings. The maximum atomic E-state index is 14.0. The first-order valence-corrected chi connectivity index (χ1v) is 25.7. The molecule has 4 aromatic rings. The van der Waals surface area contributed by atoms with E-state index in [0.717, 1.165) is 12.8 Å². The van der Waals surface area contributed by atoms with Crippen LogP contribution < -0.4 is 46.9 Å². The van der Waals surface area contributed by atoms with Gasteiger partial charge in [-0.15, -0.1) is 0 Å². The highest BCUT2D eigenvalue weighted by Crippen LogP contribution is 2.42. The molecule has 0 bridgehead atoms. The van der Waals surface area contributed by atoms with Crippen LogP contribution in [0.15, 0.2) is 53.3 Å². The number of nitrogens with zero attached hydrogens (tertiary/aromatic N) is 3. The first-order chi connectivity index (χ1) is 36.8. The van der Waals surface area contributed by atoms with Crippen molar-refractivity contribution < 1.29 is 62.4 Å². The van der Waals surface area contributed by atoms with Crippen LogP contribution in [0.25, 0.3) is 22.3 Å². The van der Waals surface area contributed by atoms with E-state index in [1.165, 1.54) is 4.90 Å². The van der Waals surface area contributed by atoms with Gasteiger partial charge >= 0.3 is 5.97 Å². The van der Waals surface area contributed by atoms with Crippen molar-refractivity contribution in [3.05, 3.63) is 86.7 Å². The van der Waals surface area contributed by atoms with E-state index in [1.807, 2.05) is 13.0 Å². The topological polar surface area (TPSA) is 304 Å². The van der Waals surface area contributed by atoms with Crippen LogP contribution in [-0.4, -0.2) is 132 Å². The second-order valence-electron chi connectivity index (χ2n) is 19.0. The fourth-order valence-corrected chi connectivity index (χ4v) is 9.63. The number of pyridine rings is 2. The molecule has 404 valence electrons. The molecule has 6 heterocycles. The summed E-state index contributed by atoms with van der Waals surface area (Å²) in [5, 5.41) is 25.9. The molecule has 2 aromatic carbocycles. The Kier molecular flexibility index (Phi) is 18.3. The standard InChI is InChI=1S/C53H63N9O14/c1-2-3-12-32-33-20-40-50-36(27-62(40)52(71)37(33)28-76-53(32)72)35(34-21-41-42(22-38(34)60-50)75-18-17-74-41)23-54-47(67)29-73-30-58-45(65)25-57-51(70)39(19-31-10-6-4-7-11-31)59-46(66)26-56-44(64)24-55-43(63)13-8-5-9-16-61-48(68)14-15-49(61)69/h4,6-7,10-11,20-22,32,39,48,68H,2-3,5,8-9,12-19,23-30H2,1H3,(H,54,67)(H,55,63)(H,56,64)(H,57,70)(H,58,65)(H,59,66)/t32-,39-,48?/m0/s1. The largest absolute Gasteiger partial charge is 0.486 e. The molecule has 76 heavy (non-hydrogen) atoms. The third-order valence-corrected chi connectivity index (χ3v) is 13.6. The van der Waals surface area contributed by atoms with E-state index in [1.54, 1.807) is 47.0 Å². The molecule has 8 rings (SSSR count). The smallest absolute Gasteiger partial charge is 0.313 e. The summed E-state index contributed by atoms with van der Waals surface area (Å²) in [5.41, 5.74) is 4.58. The Hall–Kier alpha value is -7.92. The summed E-state index contributed by atoms with van der Waals surface area (Å²) in [7, 11) is 0. The minimum absolute atomic E-state index is 0.0103. The van der Waals surface area contributed by atoms with Crippen molar-refractivity contribution in [2.45, 2.75) is 109 Å². The zero-order valence-electron chi connectivity index (χ0n) is 42.3. The van der Waals surface area contributed by atoms with Crippen LogP contribution in [0.1, 0.15) is 98.4 Å². The van der Waals surface area contributed by atoms with Gasteiger partial charge in [0.15, 0.2) is 11.5 Å². The predicted octanol–water partition coefficient (Wildman–Crippen LogP) is 0.811. The zero-order valence-corrected chi connectivity index (χ0v) is 42.3. The van der Waals surface area contributed by atoms with Gasteiger partial charge in [-0.1, -0.05) is 56.5 Å². The highest BCUT2D eigenvalue weighted by Gasteiger charge is 2.36. The minimum atomic E-state index is -1.14. The van der Waals surface area contributed by atoms with Gasteiger partial charge in [-0.05, 0) is 48.1 Å². The van der Waals surface area contributed by atoms with Crippen LogP contribution in [0, 0.1) is 0 Å². The maximum Gasteiger partial charge on any atom is 0.313 e. The SMILES string of the molecule is CCCC[C@@H]1C(=O)OCc2c1cc1n(c2=O)Cc2c-1nc1cc3c(cc1c2CNC(=O)COCNC(=O)CNC(=O)[C@H](Cc1ccccc1)NC(=O)CNC(=O)CNC(=O)CCCCCN1C(=O)CCC1O)OCCO3. The number of carbonyl (C=O) groups excluding carboxylic acids is 8. The van der Waals surface area contributed by atoms with E-state index in [2.05, 4.69) is 31.9 Å². The number of unbranched alkanes of at least 4 members (excludes halogenated alkanes) is 3. The molecule has 7 N–H and O–H groups in total. The quantitative estimate of drug-likeness (QED) is 0.0242. The molecule has 2 aromatic heterocycles. The van der Waals surface area contributed by atoms with Crippen molar-refractivity contribution in [1.29, 1.82) is 0 Å². The van der Waals surface area contributed by atoms with Gasteiger partial charge in [0.2, 0.25) is 41.4 Å². The highest BCUT2D eigenvalue weighted by atomic mass is 16.6. The van der Waals surface area contributed by atoms with Gasteiger partial charge in [0.05, 0.1) is 54.6 Å². The van der Waals surface area contributed by atoms with Crippen molar-refractivity contribution in [3.8, 4) is 22.9 Å². The van der Waals surface area contributed by atoms with E-state index in [4.69, 9.17) is 23.9 Å². The molecule has 1 saturated heterocycles. The van der Waals surface area contributed by atoms with Crippen molar-refractivity contribution in [1.82, 2.24) is 46.4 Å². The zero-order chi connectivity index (χ0) is 53.7. The lowest BCUT2D eigenvalue weighted by Crippen LogP contribution is -2.52. The van der Waals surface area contributed by atoms with Crippen molar-refractivity contribution in [2.24, 2.45) is 0 Å². The highest BCUT2D eigenvalue weighted by molar-refractivity contribution is 5.94. The number of cyclic esters (lactones) is 1. The van der Waals surface area contributed by atoms with E-state index in [-0.39, 0.29) is 69.2 Å². The second kappa shape index (κ2) is 25.5. The number of ether oxygens (including phenoxy) is 4. The van der Waals surface area contributed by atoms with Crippen LogP contribution in [0.4, 0.5) is 0 Å². The number of hydrogen-bond donors (Lipinski definition) is 7. The molecule has 1 unspecified atom stereocenters. The number of aliphatic hydroxyl groups is 1. The molecular formula is C53H63N9O14. The number of esters is 1. The number of benzene rings is 2. The minimum Gasteiger partial charge on any atom is -0.486 e. The molecule has 7 amide bonds. The Balaban J connectivity index is 0.794. The summed E-state index contributed by atoms with van der Waals surface area (Å²) in [6.45, 7) is 1.00. The summed E-state index contributed by atoms with van der Waals surface area (Å²) in [5.74, 6) is -3.53. The van der Waals surface area contributed by atoms with Gasteiger partial charge in [0.25, 0.3) is 5.56 Å². The summed E-state index contributed by atoms with van der Waals surface area (Å²) in [6.07, 6.45) is 4.19. The third kappa shape index (κ3) is 13.5. The lowest BCUT2D eigenvalue weighted by atomic mass is 9.88. The van der Waals surface area contributed by atoms with Gasteiger partial charge in [0, 0.05) is 55.8 Å². The number of amides is 7. The Bertz CT molecular complexity index is 2930. The average molecular weight is 1050 g/mol. The number of nitrogens with one attached hydrogen (secondary N) is 6. The maximum absolute atomic E-state index is 14.0. The van der Waals surface area contributed by atoms with Crippen LogP contribution in [0.2, 0.25) is 0 Å². The van der Waals surface area contributed by atoms with Crippen LogP contribution in [-0.2, 0) is 73.9 Å². The number of aromatic nitrogens is 2. The molecule has 0 aliphatic carbocycles. The number of hydrogen-bond acceptors (Lipinski definition) is 15. The summed E-state index contributed by atoms with van der Waals surface area (Å²) < 4.78 is 24.3.